The van der Waals surface area contributed by atoms with Crippen molar-refractivity contribution < 1.29 is 0 Å². The number of rotatable bonds is 7. The molecule has 2 saturated carbocycles. The van der Waals surface area contributed by atoms with Gasteiger partial charge in [0.05, 0.1) is 0 Å². The van der Waals surface area contributed by atoms with E-state index in [0.717, 1.165) is 0 Å². The first kappa shape index (κ1) is 16.3. The van der Waals surface area contributed by atoms with E-state index in [9.17, 15) is 0 Å². The summed E-state index contributed by atoms with van der Waals surface area (Å²) in [6, 6.07) is 0. The van der Waals surface area contributed by atoms with Crippen LogP contribution in [0.3, 0.4) is 0 Å². The lowest BCUT2D eigenvalue weighted by molar-refractivity contribution is 0.0104. The number of likely N-dealkylation sites (N-methyl/N-ethyl adjacent to an activating group) is 2. The number of hydrogen-bond acceptors (Lipinski definition) is 3. The zero-order valence-electron chi connectivity index (χ0n) is 14.2. The van der Waals surface area contributed by atoms with E-state index in [1.54, 1.807) is 0 Å². The topological polar surface area (TPSA) is 18.5 Å². The van der Waals surface area contributed by atoms with Gasteiger partial charge in [-0.05, 0) is 65.7 Å². The fourth-order valence-corrected chi connectivity index (χ4v) is 4.53. The first-order valence-corrected chi connectivity index (χ1v) is 8.53. The van der Waals surface area contributed by atoms with Crippen LogP contribution in [0.15, 0.2) is 0 Å². The monoisotopic (exact) mass is 281 g/mol. The summed E-state index contributed by atoms with van der Waals surface area (Å²) in [6.45, 7) is 3.70. The molecule has 2 aliphatic carbocycles. The maximum Gasteiger partial charge on any atom is 0.0330 e. The molecule has 0 aliphatic heterocycles. The molecular weight excluding hydrogens is 246 g/mol. The van der Waals surface area contributed by atoms with Gasteiger partial charge in [0, 0.05) is 25.2 Å². The third kappa shape index (κ3) is 3.55. The van der Waals surface area contributed by atoms with E-state index in [2.05, 4.69) is 43.3 Å². The number of nitrogens with zero attached hydrogens (tertiary/aromatic N) is 2. The Morgan fingerprint density at radius 3 is 1.95 bits per heavy atom. The molecule has 1 N–H and O–H groups in total. The van der Waals surface area contributed by atoms with Crippen molar-refractivity contribution in [2.45, 2.75) is 56.9 Å². The van der Waals surface area contributed by atoms with Crippen LogP contribution in [0.25, 0.3) is 0 Å². The van der Waals surface area contributed by atoms with Crippen LogP contribution in [0, 0.1) is 5.41 Å². The largest absolute Gasteiger partial charge is 0.319 e. The molecule has 0 saturated heterocycles. The van der Waals surface area contributed by atoms with Crippen molar-refractivity contribution in [3.63, 3.8) is 0 Å². The Balaban J connectivity index is 1.92. The van der Waals surface area contributed by atoms with Gasteiger partial charge in [0.2, 0.25) is 0 Å². The Morgan fingerprint density at radius 2 is 1.50 bits per heavy atom. The normalized spacial score (nSPS) is 24.9. The fraction of sp³-hybridized carbons (Fsp3) is 1.00. The zero-order valence-corrected chi connectivity index (χ0v) is 14.2. The van der Waals surface area contributed by atoms with Gasteiger partial charge in [-0.1, -0.05) is 19.3 Å². The summed E-state index contributed by atoms with van der Waals surface area (Å²) in [7, 11) is 8.98. The van der Waals surface area contributed by atoms with Gasteiger partial charge < -0.3 is 15.1 Å². The van der Waals surface area contributed by atoms with Crippen molar-refractivity contribution in [1.29, 1.82) is 0 Å². The predicted molar refractivity (Wildman–Crippen MR) is 87.2 cm³/mol. The molecule has 0 aromatic heterocycles. The third-order valence-electron chi connectivity index (χ3n) is 5.87. The summed E-state index contributed by atoms with van der Waals surface area (Å²) in [5.74, 6) is 0. The van der Waals surface area contributed by atoms with Crippen LogP contribution >= 0.6 is 0 Å². The smallest absolute Gasteiger partial charge is 0.0330 e. The summed E-state index contributed by atoms with van der Waals surface area (Å²) >= 11 is 0. The minimum atomic E-state index is 0.463. The fourth-order valence-electron chi connectivity index (χ4n) is 4.53. The van der Waals surface area contributed by atoms with E-state index in [-0.39, 0.29) is 0 Å². The lowest BCUT2D eigenvalue weighted by Crippen LogP contribution is -2.58. The summed E-state index contributed by atoms with van der Waals surface area (Å²) in [5.41, 5.74) is 0.989. The molecule has 0 spiro atoms. The maximum absolute atomic E-state index is 3.46. The molecule has 0 atom stereocenters. The molecule has 118 valence electrons. The van der Waals surface area contributed by atoms with Gasteiger partial charge in [-0.15, -0.1) is 0 Å². The summed E-state index contributed by atoms with van der Waals surface area (Å²) in [4.78, 5) is 5.10. The molecule has 0 unspecified atom stereocenters. The van der Waals surface area contributed by atoms with Gasteiger partial charge in [-0.25, -0.2) is 0 Å². The molecule has 3 heteroatoms. The van der Waals surface area contributed by atoms with Crippen molar-refractivity contribution in [3.8, 4) is 0 Å². The highest BCUT2D eigenvalue weighted by Crippen LogP contribution is 2.39. The Morgan fingerprint density at radius 1 is 0.850 bits per heavy atom. The van der Waals surface area contributed by atoms with Crippen LogP contribution in [0.2, 0.25) is 0 Å². The van der Waals surface area contributed by atoms with Crippen LogP contribution in [0.1, 0.15) is 51.4 Å². The minimum absolute atomic E-state index is 0.463. The lowest BCUT2D eigenvalue weighted by atomic mass is 9.72. The van der Waals surface area contributed by atoms with Crippen molar-refractivity contribution in [1.82, 2.24) is 15.1 Å². The van der Waals surface area contributed by atoms with Crippen LogP contribution < -0.4 is 5.32 Å². The second-order valence-corrected chi connectivity index (χ2v) is 7.74. The molecule has 0 heterocycles. The number of hydrogen-bond donors (Lipinski definition) is 1. The van der Waals surface area contributed by atoms with Crippen molar-refractivity contribution in [2.24, 2.45) is 5.41 Å². The van der Waals surface area contributed by atoms with Gasteiger partial charge in [0.25, 0.3) is 0 Å². The molecule has 0 amide bonds. The highest BCUT2D eigenvalue weighted by Gasteiger charge is 2.41. The Labute approximate surface area is 126 Å². The van der Waals surface area contributed by atoms with E-state index in [1.807, 2.05) is 0 Å². The van der Waals surface area contributed by atoms with Crippen molar-refractivity contribution >= 4 is 0 Å². The van der Waals surface area contributed by atoms with E-state index in [1.165, 1.54) is 71.0 Å². The maximum atomic E-state index is 3.46. The van der Waals surface area contributed by atoms with Gasteiger partial charge in [0.1, 0.15) is 0 Å². The molecule has 3 nitrogen and oxygen atoms in total. The highest BCUT2D eigenvalue weighted by molar-refractivity contribution is 4.99. The van der Waals surface area contributed by atoms with Gasteiger partial charge in [-0.2, -0.15) is 0 Å². The van der Waals surface area contributed by atoms with Crippen LogP contribution in [-0.4, -0.2) is 63.2 Å². The van der Waals surface area contributed by atoms with Crippen molar-refractivity contribution in [3.05, 3.63) is 0 Å². The number of nitrogens with one attached hydrogen (secondary N) is 1. The summed E-state index contributed by atoms with van der Waals surface area (Å²) in [5, 5.41) is 3.46. The van der Waals surface area contributed by atoms with Crippen LogP contribution in [-0.2, 0) is 0 Å². The average molecular weight is 281 g/mol. The van der Waals surface area contributed by atoms with Crippen LogP contribution in [0.4, 0.5) is 0 Å². The van der Waals surface area contributed by atoms with E-state index in [4.69, 9.17) is 0 Å². The SMILES string of the molecule is CNCC1(CN(C)CC2(N(C)C)CCC2)CCCCC1. The molecule has 2 fully saturated rings. The molecule has 2 rings (SSSR count). The van der Waals surface area contributed by atoms with E-state index < -0.39 is 0 Å². The molecule has 20 heavy (non-hydrogen) atoms. The third-order valence-corrected chi connectivity index (χ3v) is 5.87. The lowest BCUT2D eigenvalue weighted by Gasteiger charge is -2.51. The van der Waals surface area contributed by atoms with Gasteiger partial charge in [-0.3, -0.25) is 0 Å². The van der Waals surface area contributed by atoms with Gasteiger partial charge in [0.15, 0.2) is 0 Å². The van der Waals surface area contributed by atoms with E-state index >= 15 is 0 Å². The van der Waals surface area contributed by atoms with Crippen LogP contribution in [0.5, 0.6) is 0 Å². The molecular formula is C17H35N3. The minimum Gasteiger partial charge on any atom is -0.319 e. The highest BCUT2D eigenvalue weighted by atomic mass is 15.2. The first-order valence-electron chi connectivity index (χ1n) is 8.53. The zero-order chi connectivity index (χ0) is 14.6. The summed E-state index contributed by atoms with van der Waals surface area (Å²) < 4.78 is 0. The Bertz CT molecular complexity index is 285. The first-order chi connectivity index (χ1) is 9.52. The molecule has 0 radical (unpaired) electrons. The molecule has 0 bridgehead atoms. The Hall–Kier alpha value is -0.120. The van der Waals surface area contributed by atoms with E-state index in [0.29, 0.717) is 11.0 Å². The second-order valence-electron chi connectivity index (χ2n) is 7.74. The molecule has 0 aromatic carbocycles. The predicted octanol–water partition coefficient (Wildman–Crippen LogP) is 2.57. The molecule has 0 aromatic rings. The van der Waals surface area contributed by atoms with Gasteiger partial charge >= 0.3 is 0 Å². The standard InChI is InChI=1S/C17H35N3/c1-18-13-16(9-6-5-7-10-16)14-20(4)15-17(19(2)3)11-8-12-17/h18H,5-15H2,1-4H3. The molecule has 2 aliphatic rings. The Kier molecular flexibility index (Phi) is 5.49. The quantitative estimate of drug-likeness (QED) is 0.774. The van der Waals surface area contributed by atoms with Crippen molar-refractivity contribution in [2.75, 3.05) is 47.8 Å². The second kappa shape index (κ2) is 6.76. The average Bonchev–Trinajstić information content (AvgIpc) is 2.34. The summed E-state index contributed by atoms with van der Waals surface area (Å²) in [6.07, 6.45) is 11.3.